The lowest BCUT2D eigenvalue weighted by atomic mass is 9.96. The number of amides is 2. The quantitative estimate of drug-likeness (QED) is 0.747. The van der Waals surface area contributed by atoms with Gasteiger partial charge in [-0.25, -0.2) is 0 Å². The molecule has 2 heterocycles. The molecule has 6 nitrogen and oxygen atoms in total. The molecule has 0 bridgehead atoms. The summed E-state index contributed by atoms with van der Waals surface area (Å²) in [4.78, 5) is 25.8. The zero-order valence-corrected chi connectivity index (χ0v) is 16.3. The van der Waals surface area contributed by atoms with Crippen LogP contribution >= 0.6 is 28.3 Å². The van der Waals surface area contributed by atoms with E-state index >= 15 is 0 Å². The summed E-state index contributed by atoms with van der Waals surface area (Å²) in [7, 11) is 0. The fourth-order valence-corrected chi connectivity index (χ4v) is 3.48. The first kappa shape index (κ1) is 20.0. The molecule has 1 aromatic carbocycles. The normalized spacial score (nSPS) is 19.5. The third-order valence-electron chi connectivity index (χ3n) is 4.44. The van der Waals surface area contributed by atoms with Gasteiger partial charge in [0, 0.05) is 11.0 Å². The Balaban J connectivity index is 0.00000225. The first-order chi connectivity index (χ1) is 11.6. The Morgan fingerprint density at radius 3 is 3.04 bits per heavy atom. The third kappa shape index (κ3) is 5.33. The van der Waals surface area contributed by atoms with Crippen molar-refractivity contribution in [2.75, 3.05) is 37.7 Å². The van der Waals surface area contributed by atoms with Crippen LogP contribution in [-0.2, 0) is 9.59 Å². The highest BCUT2D eigenvalue weighted by Crippen LogP contribution is 2.34. The Morgan fingerprint density at radius 2 is 2.28 bits per heavy atom. The van der Waals surface area contributed by atoms with Gasteiger partial charge in [0.25, 0.3) is 5.91 Å². The molecule has 2 aliphatic heterocycles. The van der Waals surface area contributed by atoms with E-state index in [2.05, 4.69) is 26.6 Å². The molecule has 0 radical (unpaired) electrons. The van der Waals surface area contributed by atoms with Crippen LogP contribution < -0.4 is 20.3 Å². The smallest absolute Gasteiger partial charge is 0.265 e. The number of hydrogen-bond acceptors (Lipinski definition) is 4. The van der Waals surface area contributed by atoms with E-state index < -0.39 is 0 Å². The molecule has 2 amide bonds. The largest absolute Gasteiger partial charge is 0.482 e. The number of fused-ring (bicyclic) bond motifs is 1. The van der Waals surface area contributed by atoms with Gasteiger partial charge in [-0.15, -0.1) is 12.4 Å². The first-order valence-corrected chi connectivity index (χ1v) is 9.13. The molecular formula is C17H23BrClN3O3. The molecule has 25 heavy (non-hydrogen) atoms. The van der Waals surface area contributed by atoms with Crippen LogP contribution in [0.2, 0.25) is 0 Å². The maximum absolute atomic E-state index is 12.2. The molecule has 1 saturated heterocycles. The molecule has 0 spiro atoms. The van der Waals surface area contributed by atoms with Crippen molar-refractivity contribution >= 4 is 45.8 Å². The minimum atomic E-state index is -0.198. The minimum Gasteiger partial charge on any atom is -0.482 e. The van der Waals surface area contributed by atoms with Crippen LogP contribution in [0.3, 0.4) is 0 Å². The average Bonchev–Trinajstić information content (AvgIpc) is 2.58. The monoisotopic (exact) mass is 431 g/mol. The topological polar surface area (TPSA) is 70.7 Å². The van der Waals surface area contributed by atoms with Crippen molar-refractivity contribution in [3.8, 4) is 5.75 Å². The van der Waals surface area contributed by atoms with E-state index in [1.165, 1.54) is 17.7 Å². The van der Waals surface area contributed by atoms with Crippen LogP contribution in [0, 0.1) is 5.92 Å². The van der Waals surface area contributed by atoms with Crippen LogP contribution in [0.15, 0.2) is 22.7 Å². The second-order valence-electron chi connectivity index (χ2n) is 6.23. The van der Waals surface area contributed by atoms with Gasteiger partial charge in [0.05, 0.1) is 5.69 Å². The number of benzene rings is 1. The molecule has 3 rings (SSSR count). The van der Waals surface area contributed by atoms with Gasteiger partial charge in [-0.3, -0.25) is 14.5 Å². The molecule has 1 fully saturated rings. The van der Waals surface area contributed by atoms with E-state index in [9.17, 15) is 9.59 Å². The summed E-state index contributed by atoms with van der Waals surface area (Å²) in [6.45, 7) is 2.76. The number of ether oxygens (including phenoxy) is 1. The van der Waals surface area contributed by atoms with Gasteiger partial charge < -0.3 is 15.4 Å². The van der Waals surface area contributed by atoms with Gasteiger partial charge in [0.2, 0.25) is 5.91 Å². The van der Waals surface area contributed by atoms with Crippen LogP contribution in [0.4, 0.5) is 5.69 Å². The van der Waals surface area contributed by atoms with Gasteiger partial charge in [-0.2, -0.15) is 0 Å². The fourth-order valence-electron chi connectivity index (χ4n) is 3.14. The molecule has 1 unspecified atom stereocenters. The van der Waals surface area contributed by atoms with Gasteiger partial charge in [0.15, 0.2) is 6.61 Å². The molecule has 2 aliphatic rings. The minimum absolute atomic E-state index is 0. The summed E-state index contributed by atoms with van der Waals surface area (Å²) in [5.74, 6) is 0.909. The van der Waals surface area contributed by atoms with Crippen molar-refractivity contribution < 1.29 is 14.3 Å². The Morgan fingerprint density at radius 1 is 1.44 bits per heavy atom. The number of piperidine rings is 1. The van der Waals surface area contributed by atoms with Crippen LogP contribution in [0.5, 0.6) is 5.75 Å². The van der Waals surface area contributed by atoms with E-state index in [1.807, 2.05) is 12.1 Å². The number of nitrogens with one attached hydrogen (secondary N) is 2. The summed E-state index contributed by atoms with van der Waals surface area (Å²) in [6.07, 6.45) is 3.39. The van der Waals surface area contributed by atoms with E-state index in [0.29, 0.717) is 23.9 Å². The lowest BCUT2D eigenvalue weighted by Gasteiger charge is -2.29. The van der Waals surface area contributed by atoms with Gasteiger partial charge in [-0.05, 0) is 56.5 Å². The zero-order valence-electron chi connectivity index (χ0n) is 13.9. The zero-order chi connectivity index (χ0) is 16.9. The molecule has 0 aliphatic carbocycles. The summed E-state index contributed by atoms with van der Waals surface area (Å²) in [5, 5.41) is 6.31. The summed E-state index contributed by atoms with van der Waals surface area (Å²) in [6, 6.07) is 5.43. The highest BCUT2D eigenvalue weighted by Gasteiger charge is 2.27. The number of carbonyl (C=O) groups is 2. The van der Waals surface area contributed by atoms with Crippen molar-refractivity contribution in [3.63, 3.8) is 0 Å². The number of carbonyl (C=O) groups excluding carboxylic acids is 2. The standard InChI is InChI=1S/C17H22BrN3O3.ClH/c18-13-3-4-14-15(8-13)24-11-17(23)21(14)10-16(22)20-7-5-12-2-1-6-19-9-12;/h3-4,8,12,19H,1-2,5-7,9-11H2,(H,20,22);1H. The second-order valence-corrected chi connectivity index (χ2v) is 7.15. The van der Waals surface area contributed by atoms with E-state index in [0.717, 1.165) is 24.0 Å². The van der Waals surface area contributed by atoms with Gasteiger partial charge in [0.1, 0.15) is 12.3 Å². The summed E-state index contributed by atoms with van der Waals surface area (Å²) < 4.78 is 6.30. The van der Waals surface area contributed by atoms with Crippen molar-refractivity contribution in [3.05, 3.63) is 22.7 Å². The summed E-state index contributed by atoms with van der Waals surface area (Å²) >= 11 is 3.38. The van der Waals surface area contributed by atoms with Crippen molar-refractivity contribution in [1.82, 2.24) is 10.6 Å². The fraction of sp³-hybridized carbons (Fsp3) is 0.529. The van der Waals surface area contributed by atoms with E-state index in [1.54, 1.807) is 6.07 Å². The molecule has 8 heteroatoms. The maximum Gasteiger partial charge on any atom is 0.265 e. The third-order valence-corrected chi connectivity index (χ3v) is 4.93. The lowest BCUT2D eigenvalue weighted by Crippen LogP contribution is -2.45. The molecule has 1 aromatic rings. The Bertz CT molecular complexity index is 623. The highest BCUT2D eigenvalue weighted by molar-refractivity contribution is 9.10. The Labute approximate surface area is 162 Å². The molecular weight excluding hydrogens is 410 g/mol. The van der Waals surface area contributed by atoms with E-state index in [4.69, 9.17) is 4.74 Å². The van der Waals surface area contributed by atoms with Crippen molar-refractivity contribution in [2.24, 2.45) is 5.92 Å². The van der Waals surface area contributed by atoms with Crippen molar-refractivity contribution in [1.29, 1.82) is 0 Å². The average molecular weight is 433 g/mol. The predicted octanol–water partition coefficient (Wildman–Crippen LogP) is 2.10. The molecule has 0 aromatic heterocycles. The van der Waals surface area contributed by atoms with E-state index in [-0.39, 0.29) is 37.4 Å². The SMILES string of the molecule is Cl.O=C(CN1C(=O)COc2cc(Br)ccc21)NCCC1CCCNC1. The predicted molar refractivity (Wildman–Crippen MR) is 102 cm³/mol. The molecule has 138 valence electrons. The van der Waals surface area contributed by atoms with Crippen LogP contribution in [0.25, 0.3) is 0 Å². The first-order valence-electron chi connectivity index (χ1n) is 8.33. The molecule has 2 N–H and O–H groups in total. The summed E-state index contributed by atoms with van der Waals surface area (Å²) in [5.41, 5.74) is 0.640. The maximum atomic E-state index is 12.2. The van der Waals surface area contributed by atoms with Gasteiger partial charge in [-0.1, -0.05) is 15.9 Å². The number of nitrogens with zero attached hydrogens (tertiary/aromatic N) is 1. The number of rotatable bonds is 5. The Hall–Kier alpha value is -1.31. The highest BCUT2D eigenvalue weighted by atomic mass is 79.9. The van der Waals surface area contributed by atoms with Crippen LogP contribution in [-0.4, -0.2) is 44.6 Å². The van der Waals surface area contributed by atoms with Gasteiger partial charge >= 0.3 is 0 Å². The number of hydrogen-bond donors (Lipinski definition) is 2. The number of anilines is 1. The molecule has 1 atom stereocenters. The Kier molecular flexibility index (Phi) is 7.53. The van der Waals surface area contributed by atoms with Crippen LogP contribution in [0.1, 0.15) is 19.3 Å². The lowest BCUT2D eigenvalue weighted by molar-refractivity contribution is -0.125. The molecule has 0 saturated carbocycles. The number of halogens is 2. The second kappa shape index (κ2) is 9.40. The van der Waals surface area contributed by atoms with Crippen molar-refractivity contribution in [2.45, 2.75) is 19.3 Å².